The summed E-state index contributed by atoms with van der Waals surface area (Å²) in [5, 5.41) is 21.0. The molecule has 33 heavy (non-hydrogen) atoms. The van der Waals surface area contributed by atoms with Crippen LogP contribution in [0, 0.1) is 11.8 Å². The van der Waals surface area contributed by atoms with Crippen molar-refractivity contribution < 1.29 is 38.0 Å². The van der Waals surface area contributed by atoms with Gasteiger partial charge in [-0.25, -0.2) is 8.78 Å². The maximum absolute atomic E-state index is 15.2. The van der Waals surface area contributed by atoms with Crippen molar-refractivity contribution in [3.8, 4) is 0 Å². The first-order valence-electron chi connectivity index (χ1n) is 12.5. The minimum atomic E-state index is -3.10. The minimum Gasteiger partial charge on any atom is -0.469 e. The fourth-order valence-electron chi connectivity index (χ4n) is 5.06. The molecule has 2 fully saturated rings. The Balaban J connectivity index is 1.92. The average Bonchev–Trinajstić information content (AvgIpc) is 3.37. The van der Waals surface area contributed by atoms with E-state index in [2.05, 4.69) is 4.74 Å². The van der Waals surface area contributed by atoms with Crippen molar-refractivity contribution in [2.45, 2.75) is 108 Å². The zero-order valence-electron chi connectivity index (χ0n) is 20.1. The molecule has 8 heteroatoms. The molecule has 2 N–H and O–H groups in total. The van der Waals surface area contributed by atoms with Gasteiger partial charge in [-0.3, -0.25) is 4.79 Å². The summed E-state index contributed by atoms with van der Waals surface area (Å²) >= 11 is 0. The molecule has 4 atom stereocenters. The SMILES string of the molecule is CCCCCCC(F)(F)C1(CCC2[C@H](O)C[C@H](O)[C@@H]2C/C=C\CCCC(=O)OC)OCCO1. The molecule has 0 spiro atoms. The lowest BCUT2D eigenvalue weighted by molar-refractivity contribution is -0.297. The van der Waals surface area contributed by atoms with Gasteiger partial charge in [-0.15, -0.1) is 0 Å². The fourth-order valence-corrected chi connectivity index (χ4v) is 5.06. The lowest BCUT2D eigenvalue weighted by Gasteiger charge is -2.37. The Morgan fingerprint density at radius 3 is 2.45 bits per heavy atom. The lowest BCUT2D eigenvalue weighted by Crippen LogP contribution is -2.49. The maximum Gasteiger partial charge on any atom is 0.305 e. The van der Waals surface area contributed by atoms with Gasteiger partial charge in [-0.2, -0.15) is 0 Å². The van der Waals surface area contributed by atoms with Crippen LogP contribution in [-0.2, 0) is 19.0 Å². The number of ether oxygens (including phenoxy) is 3. The van der Waals surface area contributed by atoms with Crippen LogP contribution in [-0.4, -0.2) is 60.4 Å². The normalized spacial score (nSPS) is 27.5. The van der Waals surface area contributed by atoms with Gasteiger partial charge in [0.2, 0.25) is 5.79 Å². The van der Waals surface area contributed by atoms with E-state index in [4.69, 9.17) is 9.47 Å². The first-order chi connectivity index (χ1) is 15.8. The monoisotopic (exact) mass is 476 g/mol. The number of alkyl halides is 2. The first kappa shape index (κ1) is 28.1. The second-order valence-electron chi connectivity index (χ2n) is 9.38. The van der Waals surface area contributed by atoms with Crippen LogP contribution in [0.1, 0.15) is 84.0 Å². The van der Waals surface area contributed by atoms with Gasteiger partial charge in [0.05, 0.1) is 32.5 Å². The molecule has 1 saturated heterocycles. The molecule has 0 amide bonds. The molecule has 1 aliphatic heterocycles. The van der Waals surface area contributed by atoms with Crippen LogP contribution in [0.3, 0.4) is 0 Å². The molecule has 2 aliphatic rings. The highest BCUT2D eigenvalue weighted by Crippen LogP contribution is 2.46. The molecule has 1 heterocycles. The standard InChI is InChI=1S/C25H42F2O6/c1-3-4-5-10-14-24(26,27)25(32-16-17-33-25)15-13-20-19(21(28)18-22(20)29)11-8-6-7-9-12-23(30)31-2/h6,8,19-22,28-29H,3-5,7,9-18H2,1-2H3/b8-6-/t19-,20?,21+,22-/m1/s1. The molecule has 0 radical (unpaired) electrons. The van der Waals surface area contributed by atoms with Crippen molar-refractivity contribution in [2.75, 3.05) is 20.3 Å². The van der Waals surface area contributed by atoms with Crippen molar-refractivity contribution >= 4 is 5.97 Å². The highest BCUT2D eigenvalue weighted by molar-refractivity contribution is 5.69. The number of carbonyl (C=O) groups is 1. The average molecular weight is 477 g/mol. The summed E-state index contributed by atoms with van der Waals surface area (Å²) in [6, 6.07) is 0. The highest BCUT2D eigenvalue weighted by atomic mass is 19.3. The number of methoxy groups -OCH3 is 1. The van der Waals surface area contributed by atoms with Gasteiger partial charge in [0.1, 0.15) is 0 Å². The summed E-state index contributed by atoms with van der Waals surface area (Å²) in [6.07, 6.45) is 8.08. The molecular formula is C25H42F2O6. The quantitative estimate of drug-likeness (QED) is 0.201. The first-order valence-corrected chi connectivity index (χ1v) is 12.5. The molecule has 1 aliphatic carbocycles. The van der Waals surface area contributed by atoms with E-state index < -0.39 is 23.9 Å². The summed E-state index contributed by atoms with van der Waals surface area (Å²) in [7, 11) is 1.36. The fraction of sp³-hybridized carbons (Fsp3) is 0.880. The van der Waals surface area contributed by atoms with Crippen molar-refractivity contribution in [2.24, 2.45) is 11.8 Å². The third-order valence-corrected chi connectivity index (χ3v) is 7.04. The van der Waals surface area contributed by atoms with E-state index in [9.17, 15) is 15.0 Å². The summed E-state index contributed by atoms with van der Waals surface area (Å²) in [5.41, 5.74) is 0. The third kappa shape index (κ3) is 7.98. The van der Waals surface area contributed by atoms with E-state index in [1.807, 2.05) is 19.1 Å². The van der Waals surface area contributed by atoms with Crippen LogP contribution in [0.25, 0.3) is 0 Å². The van der Waals surface area contributed by atoms with E-state index >= 15 is 8.78 Å². The molecule has 1 saturated carbocycles. The molecule has 6 nitrogen and oxygen atoms in total. The maximum atomic E-state index is 15.2. The third-order valence-electron chi connectivity index (χ3n) is 7.04. The number of hydrogen-bond donors (Lipinski definition) is 2. The Kier molecular flexibility index (Phi) is 11.7. The van der Waals surface area contributed by atoms with Crippen LogP contribution in [0.2, 0.25) is 0 Å². The van der Waals surface area contributed by atoms with Crippen LogP contribution in [0.4, 0.5) is 8.78 Å². The van der Waals surface area contributed by atoms with E-state index in [0.29, 0.717) is 38.5 Å². The number of allylic oxidation sites excluding steroid dienone is 2. The summed E-state index contributed by atoms with van der Waals surface area (Å²) in [6.45, 7) is 2.31. The Labute approximate surface area is 196 Å². The predicted octanol–water partition coefficient (Wildman–Crippen LogP) is 4.76. The van der Waals surface area contributed by atoms with Crippen molar-refractivity contribution in [3.05, 3.63) is 12.2 Å². The minimum absolute atomic E-state index is 0.0123. The highest BCUT2D eigenvalue weighted by Gasteiger charge is 2.58. The predicted molar refractivity (Wildman–Crippen MR) is 121 cm³/mol. The van der Waals surface area contributed by atoms with Gasteiger partial charge >= 0.3 is 11.9 Å². The summed E-state index contributed by atoms with van der Waals surface area (Å²) < 4.78 is 45.9. The molecule has 192 valence electrons. The topological polar surface area (TPSA) is 85.2 Å². The van der Waals surface area contributed by atoms with Gasteiger partial charge in [-0.05, 0) is 50.4 Å². The Hall–Kier alpha value is -1.09. The zero-order valence-corrected chi connectivity index (χ0v) is 20.1. The van der Waals surface area contributed by atoms with E-state index in [1.165, 1.54) is 7.11 Å². The van der Waals surface area contributed by atoms with Crippen LogP contribution < -0.4 is 0 Å². The molecule has 1 unspecified atom stereocenters. The Morgan fingerprint density at radius 1 is 1.09 bits per heavy atom. The summed E-state index contributed by atoms with van der Waals surface area (Å²) in [4.78, 5) is 11.2. The van der Waals surface area contributed by atoms with Crippen molar-refractivity contribution in [1.29, 1.82) is 0 Å². The van der Waals surface area contributed by atoms with Gasteiger partial charge in [-0.1, -0.05) is 38.3 Å². The van der Waals surface area contributed by atoms with Gasteiger partial charge < -0.3 is 24.4 Å². The summed E-state index contributed by atoms with van der Waals surface area (Å²) in [5.74, 6) is -5.81. The number of hydrogen-bond acceptors (Lipinski definition) is 6. The largest absolute Gasteiger partial charge is 0.469 e. The molecule has 0 aromatic heterocycles. The van der Waals surface area contributed by atoms with Crippen LogP contribution >= 0.6 is 0 Å². The van der Waals surface area contributed by atoms with E-state index in [1.54, 1.807) is 0 Å². The van der Waals surface area contributed by atoms with Crippen LogP contribution in [0.15, 0.2) is 12.2 Å². The molecule has 0 bridgehead atoms. The number of carbonyl (C=O) groups excluding carboxylic acids is 1. The Morgan fingerprint density at radius 2 is 1.79 bits per heavy atom. The van der Waals surface area contributed by atoms with E-state index in [0.717, 1.165) is 19.3 Å². The second kappa shape index (κ2) is 13.7. The van der Waals surface area contributed by atoms with Gasteiger partial charge in [0.15, 0.2) is 0 Å². The second-order valence-corrected chi connectivity index (χ2v) is 9.38. The number of aliphatic hydroxyl groups is 2. The van der Waals surface area contributed by atoms with Crippen molar-refractivity contribution in [3.63, 3.8) is 0 Å². The molecular weight excluding hydrogens is 434 g/mol. The zero-order chi connectivity index (χ0) is 24.3. The number of unbranched alkanes of at least 4 members (excludes halogenated alkanes) is 4. The Bertz CT molecular complexity index is 606. The number of aliphatic hydroxyl groups excluding tert-OH is 2. The lowest BCUT2D eigenvalue weighted by atomic mass is 9.84. The van der Waals surface area contributed by atoms with Crippen molar-refractivity contribution in [1.82, 2.24) is 0 Å². The molecule has 0 aromatic rings. The number of esters is 1. The number of halogens is 2. The van der Waals surface area contributed by atoms with Gasteiger partial charge in [0.25, 0.3) is 0 Å². The van der Waals surface area contributed by atoms with Gasteiger partial charge in [0, 0.05) is 19.3 Å². The van der Waals surface area contributed by atoms with E-state index in [-0.39, 0.29) is 50.3 Å². The molecule has 2 rings (SSSR count). The molecule has 0 aromatic carbocycles. The smallest absolute Gasteiger partial charge is 0.305 e. The van der Waals surface area contributed by atoms with Crippen LogP contribution in [0.5, 0.6) is 0 Å². The number of rotatable bonds is 15.